The molecule has 2 aromatic rings. The summed E-state index contributed by atoms with van der Waals surface area (Å²) in [5.41, 5.74) is 1.87. The van der Waals surface area contributed by atoms with E-state index in [0.717, 1.165) is 11.1 Å². The average molecular weight is 348 g/mol. The molecule has 3 rings (SSSR count). The summed E-state index contributed by atoms with van der Waals surface area (Å²) in [5.74, 6) is -0.0539. The number of hydrogen-bond acceptors (Lipinski definition) is 3. The van der Waals surface area contributed by atoms with Gasteiger partial charge >= 0.3 is 0 Å². The van der Waals surface area contributed by atoms with Gasteiger partial charge in [0, 0.05) is 12.0 Å². The van der Waals surface area contributed by atoms with Crippen molar-refractivity contribution >= 4 is 5.91 Å². The topological polar surface area (TPSA) is 53.3 Å². The van der Waals surface area contributed by atoms with Gasteiger partial charge in [0.25, 0.3) is 5.91 Å². The lowest BCUT2D eigenvalue weighted by molar-refractivity contribution is -0.0599. The average Bonchev–Trinajstić information content (AvgIpc) is 2.88. The highest BCUT2D eigenvalue weighted by molar-refractivity contribution is 6.01. The molecule has 0 N–H and O–H groups in total. The van der Waals surface area contributed by atoms with E-state index in [0.29, 0.717) is 18.4 Å². The fourth-order valence-corrected chi connectivity index (χ4v) is 3.84. The summed E-state index contributed by atoms with van der Waals surface area (Å²) in [6.45, 7) is 5.80. The molecule has 0 radical (unpaired) electrons. The second kappa shape index (κ2) is 7.31. The number of rotatable bonds is 4. The molecule has 0 unspecified atom stereocenters. The first-order chi connectivity index (χ1) is 12.5. The van der Waals surface area contributed by atoms with Gasteiger partial charge in [0.05, 0.1) is 18.2 Å². The van der Waals surface area contributed by atoms with Crippen molar-refractivity contribution in [2.75, 3.05) is 0 Å². The summed E-state index contributed by atoms with van der Waals surface area (Å²) in [7, 11) is 0. The molecular formula is C22H24N2O2. The molecule has 0 aliphatic carbocycles. The molecule has 1 fully saturated rings. The van der Waals surface area contributed by atoms with E-state index in [-0.39, 0.29) is 18.1 Å². The maximum Gasteiger partial charge on any atom is 0.257 e. The first-order valence-electron chi connectivity index (χ1n) is 8.98. The van der Waals surface area contributed by atoms with Crippen molar-refractivity contribution in [1.82, 2.24) is 4.90 Å². The van der Waals surface area contributed by atoms with Crippen LogP contribution in [0.4, 0.5) is 0 Å². The van der Waals surface area contributed by atoms with Gasteiger partial charge in [-0.25, -0.2) is 0 Å². The minimum Gasteiger partial charge on any atom is -0.351 e. The van der Waals surface area contributed by atoms with Gasteiger partial charge in [-0.1, -0.05) is 48.5 Å². The van der Waals surface area contributed by atoms with Crippen LogP contribution >= 0.6 is 0 Å². The van der Waals surface area contributed by atoms with E-state index in [1.54, 1.807) is 0 Å². The number of carbonyl (C=O) groups is 1. The third-order valence-electron chi connectivity index (χ3n) is 4.94. The Kier molecular flexibility index (Phi) is 5.11. The molecule has 1 amide bonds. The zero-order valence-corrected chi connectivity index (χ0v) is 15.5. The Bertz CT molecular complexity index is 824. The molecule has 4 nitrogen and oxygen atoms in total. The Balaban J connectivity index is 2.02. The van der Waals surface area contributed by atoms with Gasteiger partial charge in [0.2, 0.25) is 0 Å². The number of ether oxygens (including phenoxy) is 1. The van der Waals surface area contributed by atoms with E-state index < -0.39 is 5.72 Å². The molecule has 4 heteroatoms. The van der Waals surface area contributed by atoms with Crippen molar-refractivity contribution in [2.45, 2.75) is 51.5 Å². The van der Waals surface area contributed by atoms with Crippen LogP contribution in [-0.2, 0) is 4.74 Å². The van der Waals surface area contributed by atoms with E-state index >= 15 is 0 Å². The summed E-state index contributed by atoms with van der Waals surface area (Å²) >= 11 is 0. The van der Waals surface area contributed by atoms with Gasteiger partial charge in [-0.3, -0.25) is 4.79 Å². The van der Waals surface area contributed by atoms with Crippen molar-refractivity contribution in [3.05, 3.63) is 60.2 Å². The van der Waals surface area contributed by atoms with E-state index in [9.17, 15) is 4.79 Å². The minimum absolute atomic E-state index is 0.0539. The highest BCUT2D eigenvalue weighted by atomic mass is 16.5. The van der Waals surface area contributed by atoms with Crippen LogP contribution in [0.5, 0.6) is 0 Å². The maximum absolute atomic E-state index is 13.5. The number of hydrogen-bond donors (Lipinski definition) is 0. The lowest BCUT2D eigenvalue weighted by Gasteiger charge is -2.34. The van der Waals surface area contributed by atoms with Gasteiger partial charge in [-0.2, -0.15) is 5.26 Å². The molecule has 0 saturated carbocycles. The van der Waals surface area contributed by atoms with Crippen LogP contribution in [0.2, 0.25) is 0 Å². The highest BCUT2D eigenvalue weighted by Crippen LogP contribution is 2.37. The van der Waals surface area contributed by atoms with Crippen molar-refractivity contribution in [3.63, 3.8) is 0 Å². The summed E-state index contributed by atoms with van der Waals surface area (Å²) in [6.07, 6.45) is 0.907. The molecule has 26 heavy (non-hydrogen) atoms. The maximum atomic E-state index is 13.5. The summed E-state index contributed by atoms with van der Waals surface area (Å²) in [4.78, 5) is 15.4. The Morgan fingerprint density at radius 1 is 1.15 bits per heavy atom. The molecule has 0 aromatic heterocycles. The lowest BCUT2D eigenvalue weighted by atomic mass is 9.97. The third kappa shape index (κ3) is 3.36. The Labute approximate surface area is 155 Å². The van der Waals surface area contributed by atoms with Crippen molar-refractivity contribution in [3.8, 4) is 17.2 Å². The molecule has 0 bridgehead atoms. The Hall–Kier alpha value is -2.64. The van der Waals surface area contributed by atoms with Gasteiger partial charge in [0.1, 0.15) is 5.72 Å². The molecule has 1 saturated heterocycles. The molecule has 0 spiro atoms. The van der Waals surface area contributed by atoms with Gasteiger partial charge < -0.3 is 9.64 Å². The molecule has 1 aliphatic heterocycles. The van der Waals surface area contributed by atoms with Gasteiger partial charge in [-0.15, -0.1) is 0 Å². The summed E-state index contributed by atoms with van der Waals surface area (Å²) < 4.78 is 6.05. The molecular weight excluding hydrogens is 324 g/mol. The number of nitrogens with zero attached hydrogens (tertiary/aromatic N) is 2. The van der Waals surface area contributed by atoms with E-state index in [1.165, 1.54) is 0 Å². The summed E-state index contributed by atoms with van der Waals surface area (Å²) in [5, 5.41) is 8.98. The van der Waals surface area contributed by atoms with Crippen LogP contribution in [0.25, 0.3) is 11.1 Å². The Morgan fingerprint density at radius 3 is 2.50 bits per heavy atom. The second-order valence-electron chi connectivity index (χ2n) is 7.12. The van der Waals surface area contributed by atoms with Gasteiger partial charge in [-0.05, 0) is 44.4 Å². The number of amides is 1. The van der Waals surface area contributed by atoms with Crippen molar-refractivity contribution in [2.24, 2.45) is 0 Å². The monoisotopic (exact) mass is 348 g/mol. The first kappa shape index (κ1) is 18.2. The number of carbonyl (C=O) groups excluding carboxylic acids is 1. The molecule has 1 heterocycles. The first-order valence-corrected chi connectivity index (χ1v) is 8.98. The van der Waals surface area contributed by atoms with E-state index in [2.05, 4.69) is 6.07 Å². The largest absolute Gasteiger partial charge is 0.351 e. The fourth-order valence-electron chi connectivity index (χ4n) is 3.84. The van der Waals surface area contributed by atoms with Crippen LogP contribution < -0.4 is 0 Å². The second-order valence-corrected chi connectivity index (χ2v) is 7.12. The normalized spacial score (nSPS) is 21.4. The zero-order chi connectivity index (χ0) is 18.7. The standard InChI is InChI=1S/C22H24N2O2/c1-16-20(14-9-15-23)24(22(2,3)26-16)21(25)19-13-8-7-12-18(19)17-10-5-4-6-11-17/h4-8,10-13,16,20H,9,14H2,1-3H3/t16-,20-/m1/s1. The van der Waals surface area contributed by atoms with Crippen LogP contribution in [0.15, 0.2) is 54.6 Å². The zero-order valence-electron chi connectivity index (χ0n) is 15.5. The van der Waals surface area contributed by atoms with Crippen LogP contribution in [-0.4, -0.2) is 28.7 Å². The lowest BCUT2D eigenvalue weighted by Crippen LogP contribution is -2.48. The molecule has 2 atom stereocenters. The van der Waals surface area contributed by atoms with Crippen molar-refractivity contribution in [1.29, 1.82) is 5.26 Å². The smallest absolute Gasteiger partial charge is 0.257 e. The van der Waals surface area contributed by atoms with Crippen LogP contribution in [0, 0.1) is 11.3 Å². The summed E-state index contributed by atoms with van der Waals surface area (Å²) in [6, 6.07) is 19.7. The molecule has 1 aliphatic rings. The Morgan fingerprint density at radius 2 is 1.81 bits per heavy atom. The number of benzene rings is 2. The van der Waals surface area contributed by atoms with Crippen LogP contribution in [0.1, 0.15) is 44.0 Å². The quantitative estimate of drug-likeness (QED) is 0.810. The SMILES string of the molecule is C[C@H]1OC(C)(C)N(C(=O)c2ccccc2-c2ccccc2)[C@@H]1CCC#N. The third-order valence-corrected chi connectivity index (χ3v) is 4.94. The number of nitriles is 1. The van der Waals surface area contributed by atoms with Crippen LogP contribution in [0.3, 0.4) is 0 Å². The minimum atomic E-state index is -0.708. The molecule has 134 valence electrons. The predicted molar refractivity (Wildman–Crippen MR) is 101 cm³/mol. The van der Waals surface area contributed by atoms with E-state index in [1.807, 2.05) is 80.3 Å². The fraction of sp³-hybridized carbons (Fsp3) is 0.364. The van der Waals surface area contributed by atoms with Crippen molar-refractivity contribution < 1.29 is 9.53 Å². The molecule has 2 aromatic carbocycles. The van der Waals surface area contributed by atoms with E-state index in [4.69, 9.17) is 10.00 Å². The van der Waals surface area contributed by atoms with Gasteiger partial charge in [0.15, 0.2) is 0 Å². The highest BCUT2D eigenvalue weighted by Gasteiger charge is 2.48. The predicted octanol–water partition coefficient (Wildman–Crippen LogP) is 4.62.